The van der Waals surface area contributed by atoms with Crippen LogP contribution in [0.5, 0.6) is 0 Å². The maximum atomic E-state index is 12.8. The van der Waals surface area contributed by atoms with Crippen molar-refractivity contribution in [1.82, 2.24) is 8.87 Å². The Balaban J connectivity index is 1.30. The number of nitrogens with zero attached hydrogens (tertiary/aromatic N) is 3. The summed E-state index contributed by atoms with van der Waals surface area (Å²) in [5, 5.41) is 2.97. The van der Waals surface area contributed by atoms with Crippen LogP contribution in [0.4, 0.5) is 11.4 Å². The molecule has 0 saturated carbocycles. The minimum atomic E-state index is -3.61. The summed E-state index contributed by atoms with van der Waals surface area (Å²) in [6, 6.07) is 12.2. The number of rotatable bonds is 7. The Hall–Kier alpha value is -3.11. The first kappa shape index (κ1) is 22.7. The Labute approximate surface area is 198 Å². The molecule has 1 aromatic heterocycles. The van der Waals surface area contributed by atoms with Gasteiger partial charge in [0, 0.05) is 45.2 Å². The van der Waals surface area contributed by atoms with Gasteiger partial charge < -0.3 is 14.6 Å². The first-order valence-electron chi connectivity index (χ1n) is 11.7. The van der Waals surface area contributed by atoms with Gasteiger partial charge in [-0.25, -0.2) is 13.2 Å². The molecule has 2 saturated heterocycles. The third-order valence-electron chi connectivity index (χ3n) is 6.53. The van der Waals surface area contributed by atoms with Crippen molar-refractivity contribution < 1.29 is 17.6 Å². The zero-order valence-electron chi connectivity index (χ0n) is 18.9. The van der Waals surface area contributed by atoms with E-state index in [1.54, 1.807) is 6.07 Å². The Kier molecular flexibility index (Phi) is 6.18. The molecule has 2 aliphatic heterocycles. The highest BCUT2D eigenvalue weighted by Crippen LogP contribution is 2.29. The van der Waals surface area contributed by atoms with Crippen molar-refractivity contribution in [2.24, 2.45) is 0 Å². The van der Waals surface area contributed by atoms with E-state index in [0.717, 1.165) is 50.1 Å². The lowest BCUT2D eigenvalue weighted by atomic mass is 10.2. The summed E-state index contributed by atoms with van der Waals surface area (Å²) in [5.41, 5.74) is 2.43. The largest absolute Gasteiger partial charge is 0.419 e. The number of aryl methyl sites for hydroxylation is 1. The standard InChI is InChI=1S/C24H28N4O5S/c29-23(25-19-7-1-2-8-20(19)26-12-3-4-13-26)11-16-28-21-10-9-18(17-22(21)33-24(28)30)34(31,32)27-14-5-6-15-27/h1-2,7-10,17H,3-6,11-16H2,(H,25,29). The van der Waals surface area contributed by atoms with Gasteiger partial charge in [0.05, 0.1) is 21.8 Å². The number of amides is 1. The monoisotopic (exact) mass is 484 g/mol. The minimum Gasteiger partial charge on any atom is -0.408 e. The maximum Gasteiger partial charge on any atom is 0.419 e. The number of hydrogen-bond donors (Lipinski definition) is 1. The van der Waals surface area contributed by atoms with Crippen LogP contribution in [0.15, 0.2) is 56.6 Å². The Morgan fingerprint density at radius 2 is 1.68 bits per heavy atom. The second kappa shape index (κ2) is 9.27. The summed E-state index contributed by atoms with van der Waals surface area (Å²) in [6.07, 6.45) is 4.05. The Morgan fingerprint density at radius 1 is 0.971 bits per heavy atom. The van der Waals surface area contributed by atoms with Gasteiger partial charge in [0.25, 0.3) is 0 Å². The van der Waals surface area contributed by atoms with E-state index in [9.17, 15) is 18.0 Å². The molecule has 0 aliphatic carbocycles. The molecule has 1 N–H and O–H groups in total. The fourth-order valence-electron chi connectivity index (χ4n) is 4.74. The van der Waals surface area contributed by atoms with E-state index in [1.807, 2.05) is 24.3 Å². The number of fused-ring (bicyclic) bond motifs is 1. The van der Waals surface area contributed by atoms with Gasteiger partial charge in [0.1, 0.15) is 0 Å². The molecule has 0 radical (unpaired) electrons. The number of anilines is 2. The van der Waals surface area contributed by atoms with Crippen molar-refractivity contribution in [3.8, 4) is 0 Å². The van der Waals surface area contributed by atoms with Gasteiger partial charge in [-0.05, 0) is 49.9 Å². The smallest absolute Gasteiger partial charge is 0.408 e. The number of carbonyl (C=O) groups excluding carboxylic acids is 1. The van der Waals surface area contributed by atoms with E-state index < -0.39 is 15.8 Å². The van der Waals surface area contributed by atoms with Crippen molar-refractivity contribution in [2.75, 3.05) is 36.4 Å². The predicted molar refractivity (Wildman–Crippen MR) is 130 cm³/mol. The fraction of sp³-hybridized carbons (Fsp3) is 0.417. The molecule has 3 heterocycles. The average molecular weight is 485 g/mol. The first-order valence-corrected chi connectivity index (χ1v) is 13.1. The van der Waals surface area contributed by atoms with Gasteiger partial charge in [-0.2, -0.15) is 4.31 Å². The number of para-hydroxylation sites is 2. The summed E-state index contributed by atoms with van der Waals surface area (Å²) in [6.45, 7) is 3.07. The molecule has 34 heavy (non-hydrogen) atoms. The summed E-state index contributed by atoms with van der Waals surface area (Å²) in [7, 11) is -3.61. The average Bonchev–Trinajstić information content (AvgIpc) is 3.59. The number of aromatic nitrogens is 1. The summed E-state index contributed by atoms with van der Waals surface area (Å²) >= 11 is 0. The highest BCUT2D eigenvalue weighted by molar-refractivity contribution is 7.89. The van der Waals surface area contributed by atoms with Gasteiger partial charge >= 0.3 is 5.76 Å². The Morgan fingerprint density at radius 3 is 2.44 bits per heavy atom. The van der Waals surface area contributed by atoms with Crippen LogP contribution in [0.1, 0.15) is 32.1 Å². The number of nitrogens with one attached hydrogen (secondary N) is 1. The molecule has 5 rings (SSSR count). The highest BCUT2D eigenvalue weighted by atomic mass is 32.2. The molecule has 0 spiro atoms. The molecule has 2 aromatic carbocycles. The molecule has 2 fully saturated rings. The normalized spacial score (nSPS) is 17.0. The number of sulfonamides is 1. The Bertz CT molecular complexity index is 1370. The summed E-state index contributed by atoms with van der Waals surface area (Å²) in [5.74, 6) is -0.822. The fourth-order valence-corrected chi connectivity index (χ4v) is 6.27. The zero-order chi connectivity index (χ0) is 23.7. The van der Waals surface area contributed by atoms with Crippen molar-refractivity contribution in [3.05, 3.63) is 53.0 Å². The van der Waals surface area contributed by atoms with Gasteiger partial charge in [0.15, 0.2) is 5.58 Å². The van der Waals surface area contributed by atoms with Crippen LogP contribution in [0.3, 0.4) is 0 Å². The third-order valence-corrected chi connectivity index (χ3v) is 8.42. The topological polar surface area (TPSA) is 105 Å². The molecule has 3 aromatic rings. The highest BCUT2D eigenvalue weighted by Gasteiger charge is 2.28. The molecule has 1 amide bonds. The molecule has 0 bridgehead atoms. The van der Waals surface area contributed by atoms with E-state index in [0.29, 0.717) is 18.6 Å². The molecule has 10 heteroatoms. The number of hydrogen-bond acceptors (Lipinski definition) is 6. The van der Waals surface area contributed by atoms with Crippen LogP contribution in [-0.4, -0.2) is 49.4 Å². The number of oxazole rings is 1. The lowest BCUT2D eigenvalue weighted by Gasteiger charge is -2.21. The first-order chi connectivity index (χ1) is 16.4. The molecular formula is C24H28N4O5S. The van der Waals surface area contributed by atoms with Gasteiger partial charge in [-0.15, -0.1) is 0 Å². The lowest BCUT2D eigenvalue weighted by molar-refractivity contribution is -0.116. The molecular weight excluding hydrogens is 456 g/mol. The van der Waals surface area contributed by atoms with Crippen molar-refractivity contribution in [1.29, 1.82) is 0 Å². The number of benzene rings is 2. The third kappa shape index (κ3) is 4.35. The molecule has 0 atom stereocenters. The summed E-state index contributed by atoms with van der Waals surface area (Å²) < 4.78 is 33.8. The van der Waals surface area contributed by atoms with Crippen molar-refractivity contribution in [3.63, 3.8) is 0 Å². The molecule has 180 valence electrons. The van der Waals surface area contributed by atoms with E-state index in [1.165, 1.54) is 21.0 Å². The zero-order valence-corrected chi connectivity index (χ0v) is 19.7. The van der Waals surface area contributed by atoms with Crippen LogP contribution in [0.25, 0.3) is 11.1 Å². The van der Waals surface area contributed by atoms with E-state index >= 15 is 0 Å². The van der Waals surface area contributed by atoms with E-state index in [4.69, 9.17) is 4.42 Å². The van der Waals surface area contributed by atoms with Crippen molar-refractivity contribution in [2.45, 2.75) is 43.5 Å². The maximum absolute atomic E-state index is 12.8. The molecule has 0 unspecified atom stereocenters. The van der Waals surface area contributed by atoms with E-state index in [-0.39, 0.29) is 29.4 Å². The molecule has 9 nitrogen and oxygen atoms in total. The van der Waals surface area contributed by atoms with Crippen LogP contribution < -0.4 is 16.0 Å². The minimum absolute atomic E-state index is 0.0801. The number of carbonyl (C=O) groups is 1. The molecule has 2 aliphatic rings. The van der Waals surface area contributed by atoms with Crippen LogP contribution in [0.2, 0.25) is 0 Å². The van der Waals surface area contributed by atoms with Gasteiger partial charge in [-0.3, -0.25) is 9.36 Å². The quantitative estimate of drug-likeness (QED) is 0.553. The van der Waals surface area contributed by atoms with Gasteiger partial charge in [-0.1, -0.05) is 12.1 Å². The van der Waals surface area contributed by atoms with Crippen LogP contribution in [-0.2, 0) is 21.4 Å². The van der Waals surface area contributed by atoms with Gasteiger partial charge in [0.2, 0.25) is 15.9 Å². The second-order valence-corrected chi connectivity index (χ2v) is 10.7. The van der Waals surface area contributed by atoms with Crippen LogP contribution in [0, 0.1) is 0 Å². The SMILES string of the molecule is O=C(CCn1c(=O)oc2cc(S(=O)(=O)N3CCCC3)ccc21)Nc1ccccc1N1CCCC1. The lowest BCUT2D eigenvalue weighted by Crippen LogP contribution is -2.27. The van der Waals surface area contributed by atoms with E-state index in [2.05, 4.69) is 10.2 Å². The van der Waals surface area contributed by atoms with Crippen LogP contribution >= 0.6 is 0 Å². The predicted octanol–water partition coefficient (Wildman–Crippen LogP) is 3.01. The summed E-state index contributed by atoms with van der Waals surface area (Å²) in [4.78, 5) is 27.5. The second-order valence-electron chi connectivity index (χ2n) is 8.77. The van der Waals surface area contributed by atoms with Crippen molar-refractivity contribution >= 4 is 38.4 Å².